The van der Waals surface area contributed by atoms with Crippen LogP contribution >= 0.6 is 11.6 Å². The zero-order valence-corrected chi connectivity index (χ0v) is 9.12. The van der Waals surface area contributed by atoms with E-state index in [2.05, 4.69) is 5.32 Å². The van der Waals surface area contributed by atoms with Crippen LogP contribution in [-0.4, -0.2) is 12.5 Å². The van der Waals surface area contributed by atoms with Gasteiger partial charge >= 0.3 is 6.18 Å². The molecular formula is C10H9ClF3NO. The van der Waals surface area contributed by atoms with Gasteiger partial charge in [0, 0.05) is 6.54 Å². The van der Waals surface area contributed by atoms with Gasteiger partial charge in [-0.15, -0.1) is 0 Å². The summed E-state index contributed by atoms with van der Waals surface area (Å²) in [5.41, 5.74) is -1.55. The lowest BCUT2D eigenvalue weighted by Crippen LogP contribution is -2.26. The maximum Gasteiger partial charge on any atom is 0.417 e. The molecule has 1 amide bonds. The van der Waals surface area contributed by atoms with Crippen molar-refractivity contribution in [1.29, 1.82) is 0 Å². The number of benzene rings is 1. The molecule has 0 saturated heterocycles. The van der Waals surface area contributed by atoms with Crippen molar-refractivity contribution in [2.75, 3.05) is 6.54 Å². The molecule has 0 saturated carbocycles. The number of alkyl halides is 3. The van der Waals surface area contributed by atoms with Gasteiger partial charge in [-0.3, -0.25) is 4.79 Å². The highest BCUT2D eigenvalue weighted by Gasteiger charge is 2.36. The maximum absolute atomic E-state index is 12.6. The van der Waals surface area contributed by atoms with Gasteiger partial charge < -0.3 is 5.32 Å². The molecule has 0 heterocycles. The summed E-state index contributed by atoms with van der Waals surface area (Å²) >= 11 is 5.61. The predicted octanol–water partition coefficient (Wildman–Crippen LogP) is 3.11. The van der Waals surface area contributed by atoms with E-state index in [1.807, 2.05) is 0 Å². The van der Waals surface area contributed by atoms with Gasteiger partial charge in [0.05, 0.1) is 16.1 Å². The van der Waals surface area contributed by atoms with Crippen molar-refractivity contribution < 1.29 is 18.0 Å². The molecule has 0 radical (unpaired) electrons. The van der Waals surface area contributed by atoms with Gasteiger partial charge in [0.25, 0.3) is 5.91 Å². The summed E-state index contributed by atoms with van der Waals surface area (Å²) in [5, 5.41) is 2.08. The Balaban J connectivity index is 3.30. The van der Waals surface area contributed by atoms with Crippen LogP contribution in [-0.2, 0) is 6.18 Å². The Hall–Kier alpha value is -1.23. The summed E-state index contributed by atoms with van der Waals surface area (Å²) in [4.78, 5) is 11.4. The zero-order valence-electron chi connectivity index (χ0n) is 8.36. The second kappa shape index (κ2) is 4.74. The van der Waals surface area contributed by atoms with Gasteiger partial charge in [-0.05, 0) is 19.1 Å². The van der Waals surface area contributed by atoms with Crippen molar-refractivity contribution >= 4 is 17.5 Å². The molecule has 0 aliphatic carbocycles. The molecule has 2 nitrogen and oxygen atoms in total. The Bertz CT molecular complexity index is 404. The number of nitrogens with one attached hydrogen (secondary N) is 1. The average molecular weight is 252 g/mol. The van der Waals surface area contributed by atoms with Crippen LogP contribution in [0.2, 0.25) is 5.02 Å². The predicted molar refractivity (Wildman–Crippen MR) is 54.5 cm³/mol. The molecule has 0 bridgehead atoms. The van der Waals surface area contributed by atoms with Gasteiger partial charge in [-0.25, -0.2) is 0 Å². The third-order valence-electron chi connectivity index (χ3n) is 1.88. The van der Waals surface area contributed by atoms with Crippen LogP contribution in [0, 0.1) is 0 Å². The first kappa shape index (κ1) is 12.8. The van der Waals surface area contributed by atoms with Gasteiger partial charge in [-0.1, -0.05) is 17.7 Å². The quantitative estimate of drug-likeness (QED) is 0.860. The molecule has 0 aliphatic heterocycles. The van der Waals surface area contributed by atoms with Crippen molar-refractivity contribution in [2.24, 2.45) is 0 Å². The minimum absolute atomic E-state index is 0.208. The van der Waals surface area contributed by atoms with Gasteiger partial charge in [-0.2, -0.15) is 13.2 Å². The molecule has 1 rings (SSSR count). The third-order valence-corrected chi connectivity index (χ3v) is 2.20. The second-order valence-electron chi connectivity index (χ2n) is 3.02. The van der Waals surface area contributed by atoms with E-state index >= 15 is 0 Å². The van der Waals surface area contributed by atoms with Gasteiger partial charge in [0.1, 0.15) is 0 Å². The van der Waals surface area contributed by atoms with E-state index in [1.165, 1.54) is 6.07 Å². The molecule has 0 atom stereocenters. The van der Waals surface area contributed by atoms with Gasteiger partial charge in [0.2, 0.25) is 0 Å². The Morgan fingerprint density at radius 1 is 1.44 bits per heavy atom. The molecule has 88 valence electrons. The molecule has 0 unspecified atom stereocenters. The molecular weight excluding hydrogens is 243 g/mol. The van der Waals surface area contributed by atoms with E-state index in [9.17, 15) is 18.0 Å². The lowest BCUT2D eigenvalue weighted by molar-refractivity contribution is -0.137. The highest BCUT2D eigenvalue weighted by Crippen LogP contribution is 2.34. The maximum atomic E-state index is 12.6. The summed E-state index contributed by atoms with van der Waals surface area (Å²) in [6.45, 7) is 1.85. The fourth-order valence-corrected chi connectivity index (χ4v) is 1.50. The van der Waals surface area contributed by atoms with Crippen molar-refractivity contribution in [1.82, 2.24) is 5.32 Å². The monoisotopic (exact) mass is 251 g/mol. The molecule has 1 aromatic rings. The number of rotatable bonds is 2. The first-order valence-electron chi connectivity index (χ1n) is 4.51. The molecule has 1 aromatic carbocycles. The lowest BCUT2D eigenvalue weighted by Gasteiger charge is -2.13. The van der Waals surface area contributed by atoms with E-state index in [1.54, 1.807) is 6.92 Å². The van der Waals surface area contributed by atoms with Gasteiger partial charge in [0.15, 0.2) is 0 Å². The third kappa shape index (κ3) is 2.66. The number of carbonyl (C=O) groups is 1. The number of halogens is 4. The average Bonchev–Trinajstić information content (AvgIpc) is 2.16. The molecule has 6 heteroatoms. The zero-order chi connectivity index (χ0) is 12.3. The first-order chi connectivity index (χ1) is 7.38. The smallest absolute Gasteiger partial charge is 0.352 e. The Morgan fingerprint density at radius 2 is 2.06 bits per heavy atom. The molecule has 1 N–H and O–H groups in total. The Morgan fingerprint density at radius 3 is 2.56 bits per heavy atom. The van der Waals surface area contributed by atoms with Crippen LogP contribution < -0.4 is 5.32 Å². The summed E-state index contributed by atoms with van der Waals surface area (Å²) in [6, 6.07) is 3.24. The number of hydrogen-bond acceptors (Lipinski definition) is 1. The second-order valence-corrected chi connectivity index (χ2v) is 3.43. The highest BCUT2D eigenvalue weighted by atomic mass is 35.5. The summed E-state index contributed by atoms with van der Waals surface area (Å²) in [7, 11) is 0. The largest absolute Gasteiger partial charge is 0.417 e. The molecule has 0 aromatic heterocycles. The highest BCUT2D eigenvalue weighted by molar-refractivity contribution is 6.34. The van der Waals surface area contributed by atoms with Crippen LogP contribution in [0.25, 0.3) is 0 Å². The van der Waals surface area contributed by atoms with Crippen LogP contribution in [0.1, 0.15) is 22.8 Å². The minimum atomic E-state index is -4.59. The van der Waals surface area contributed by atoms with Crippen LogP contribution in [0.3, 0.4) is 0 Å². The lowest BCUT2D eigenvalue weighted by atomic mass is 10.1. The Labute approximate surface area is 95.4 Å². The van der Waals surface area contributed by atoms with E-state index in [-0.39, 0.29) is 11.6 Å². The standard InChI is InChI=1S/C10H9ClF3NO/c1-2-15-9(16)8-6(10(12,13)14)4-3-5-7(8)11/h3-5H,2H2,1H3,(H,15,16). The van der Waals surface area contributed by atoms with Crippen LogP contribution in [0.5, 0.6) is 0 Å². The molecule has 0 aliphatic rings. The fraction of sp³-hybridized carbons (Fsp3) is 0.300. The van der Waals surface area contributed by atoms with Crippen molar-refractivity contribution in [3.63, 3.8) is 0 Å². The summed E-state index contributed by atoms with van der Waals surface area (Å²) in [6.07, 6.45) is -4.59. The SMILES string of the molecule is CCNC(=O)c1c(Cl)cccc1C(F)(F)F. The Kier molecular flexibility index (Phi) is 3.80. The first-order valence-corrected chi connectivity index (χ1v) is 4.89. The van der Waals surface area contributed by atoms with E-state index in [4.69, 9.17) is 11.6 Å². The number of amides is 1. The van der Waals surface area contributed by atoms with Crippen molar-refractivity contribution in [3.05, 3.63) is 34.3 Å². The number of carbonyl (C=O) groups excluding carboxylic acids is 1. The number of hydrogen-bond donors (Lipinski definition) is 1. The van der Waals surface area contributed by atoms with E-state index in [0.29, 0.717) is 0 Å². The van der Waals surface area contributed by atoms with Crippen molar-refractivity contribution in [2.45, 2.75) is 13.1 Å². The van der Waals surface area contributed by atoms with Crippen LogP contribution in [0.4, 0.5) is 13.2 Å². The fourth-order valence-electron chi connectivity index (χ4n) is 1.24. The van der Waals surface area contributed by atoms with E-state index in [0.717, 1.165) is 12.1 Å². The minimum Gasteiger partial charge on any atom is -0.352 e. The summed E-state index contributed by atoms with van der Waals surface area (Å²) in [5.74, 6) is -0.819. The molecule has 0 fully saturated rings. The summed E-state index contributed by atoms with van der Waals surface area (Å²) < 4.78 is 37.8. The van der Waals surface area contributed by atoms with Crippen molar-refractivity contribution in [3.8, 4) is 0 Å². The van der Waals surface area contributed by atoms with E-state index < -0.39 is 23.2 Å². The molecule has 16 heavy (non-hydrogen) atoms. The van der Waals surface area contributed by atoms with Crippen LogP contribution in [0.15, 0.2) is 18.2 Å². The normalized spacial score (nSPS) is 11.3. The molecule has 0 spiro atoms. The topological polar surface area (TPSA) is 29.1 Å².